The number of urea groups is 1. The molecule has 6 nitrogen and oxygen atoms in total. The number of carbonyl (C=O) groups excluding carboxylic acids is 2. The first kappa shape index (κ1) is 17.3. The van der Waals surface area contributed by atoms with Gasteiger partial charge in [-0.05, 0) is 45.4 Å². The van der Waals surface area contributed by atoms with Gasteiger partial charge in [-0.3, -0.25) is 15.0 Å². The number of likely N-dealkylation sites (N-methyl/N-ethyl adjacent to an activating group) is 1. The van der Waals surface area contributed by atoms with Crippen LogP contribution in [0.25, 0.3) is 0 Å². The summed E-state index contributed by atoms with van der Waals surface area (Å²) in [6, 6.07) is 9.12. The maximum atomic E-state index is 12.0. The molecular weight excluding hydrogens is 294 g/mol. The Hall–Kier alpha value is -2.08. The summed E-state index contributed by atoms with van der Waals surface area (Å²) in [7, 11) is 1.87. The Bertz CT molecular complexity index is 517. The Balaban J connectivity index is 1.62. The summed E-state index contributed by atoms with van der Waals surface area (Å²) < 4.78 is 5.62. The van der Waals surface area contributed by atoms with E-state index in [0.29, 0.717) is 13.2 Å². The summed E-state index contributed by atoms with van der Waals surface area (Å²) in [4.78, 5) is 25.5. The van der Waals surface area contributed by atoms with Crippen molar-refractivity contribution in [1.29, 1.82) is 0 Å². The molecule has 1 unspecified atom stereocenters. The predicted molar refractivity (Wildman–Crippen MR) is 88.3 cm³/mol. The molecule has 6 heteroatoms. The number of hydrogen-bond acceptors (Lipinski definition) is 4. The van der Waals surface area contributed by atoms with Crippen molar-refractivity contribution in [3.8, 4) is 5.75 Å². The molecule has 1 aliphatic carbocycles. The molecule has 126 valence electrons. The van der Waals surface area contributed by atoms with Crippen molar-refractivity contribution >= 4 is 11.9 Å². The summed E-state index contributed by atoms with van der Waals surface area (Å²) in [5.41, 5.74) is 0. The van der Waals surface area contributed by atoms with Crippen LogP contribution >= 0.6 is 0 Å². The van der Waals surface area contributed by atoms with Gasteiger partial charge in [0.1, 0.15) is 5.75 Å². The molecule has 0 spiro atoms. The molecule has 1 saturated carbocycles. The minimum Gasteiger partial charge on any atom is -0.494 e. The van der Waals surface area contributed by atoms with E-state index in [0.717, 1.165) is 25.0 Å². The second-order valence-corrected chi connectivity index (χ2v) is 5.91. The Morgan fingerprint density at radius 1 is 1.30 bits per heavy atom. The third-order valence-electron chi connectivity index (χ3n) is 3.86. The number of nitrogens with one attached hydrogen (secondary N) is 2. The molecule has 1 atom stereocenters. The van der Waals surface area contributed by atoms with Gasteiger partial charge in [0, 0.05) is 12.6 Å². The molecule has 3 amide bonds. The van der Waals surface area contributed by atoms with Gasteiger partial charge in [0.2, 0.25) is 5.91 Å². The molecule has 2 N–H and O–H groups in total. The number of nitrogens with zero attached hydrogens (tertiary/aromatic N) is 1. The van der Waals surface area contributed by atoms with E-state index in [9.17, 15) is 9.59 Å². The lowest BCUT2D eigenvalue weighted by Gasteiger charge is -2.23. The molecule has 1 aliphatic rings. The van der Waals surface area contributed by atoms with Gasteiger partial charge in [0.25, 0.3) is 0 Å². The standard InChI is InChI=1S/C17H25N3O3/c1-13(16(21)19-17(22)18-14-9-10-14)20(2)11-6-12-23-15-7-4-3-5-8-15/h3-5,7-8,13-14H,6,9-12H2,1-2H3,(H2,18,19,21,22). The van der Waals surface area contributed by atoms with E-state index >= 15 is 0 Å². The predicted octanol–water partition coefficient (Wildman–Crippen LogP) is 1.76. The number of carbonyl (C=O) groups is 2. The average molecular weight is 319 g/mol. The van der Waals surface area contributed by atoms with Gasteiger partial charge in [0.05, 0.1) is 12.6 Å². The zero-order valence-electron chi connectivity index (χ0n) is 13.7. The first-order valence-electron chi connectivity index (χ1n) is 8.05. The summed E-state index contributed by atoms with van der Waals surface area (Å²) in [6.07, 6.45) is 2.80. The van der Waals surface area contributed by atoms with E-state index in [1.807, 2.05) is 42.3 Å². The van der Waals surface area contributed by atoms with Crippen LogP contribution in [-0.4, -0.2) is 49.1 Å². The average Bonchev–Trinajstić information content (AvgIpc) is 3.35. The second-order valence-electron chi connectivity index (χ2n) is 5.91. The normalized spacial score (nSPS) is 15.1. The number of amides is 3. The molecule has 0 heterocycles. The number of imide groups is 1. The Kier molecular flexibility index (Phi) is 6.40. The van der Waals surface area contributed by atoms with Gasteiger partial charge < -0.3 is 10.1 Å². The SMILES string of the molecule is CC(C(=O)NC(=O)NC1CC1)N(C)CCCOc1ccccc1. The van der Waals surface area contributed by atoms with E-state index < -0.39 is 6.03 Å². The number of hydrogen-bond donors (Lipinski definition) is 2. The Morgan fingerprint density at radius 3 is 2.65 bits per heavy atom. The van der Waals surface area contributed by atoms with Crippen LogP contribution in [0.2, 0.25) is 0 Å². The van der Waals surface area contributed by atoms with E-state index in [1.165, 1.54) is 0 Å². The first-order valence-corrected chi connectivity index (χ1v) is 8.05. The molecule has 0 aromatic heterocycles. The summed E-state index contributed by atoms with van der Waals surface area (Å²) in [5, 5.41) is 5.13. The fraction of sp³-hybridized carbons (Fsp3) is 0.529. The Labute approximate surface area is 137 Å². The van der Waals surface area contributed by atoms with Gasteiger partial charge in [-0.2, -0.15) is 0 Å². The largest absolute Gasteiger partial charge is 0.494 e. The highest BCUT2D eigenvalue weighted by molar-refractivity contribution is 5.96. The maximum absolute atomic E-state index is 12.0. The van der Waals surface area contributed by atoms with Crippen LogP contribution in [0.1, 0.15) is 26.2 Å². The van der Waals surface area contributed by atoms with Gasteiger partial charge >= 0.3 is 6.03 Å². The van der Waals surface area contributed by atoms with Crippen molar-refractivity contribution in [2.75, 3.05) is 20.2 Å². The lowest BCUT2D eigenvalue weighted by molar-refractivity contribution is -0.124. The lowest BCUT2D eigenvalue weighted by atomic mass is 10.2. The highest BCUT2D eigenvalue weighted by atomic mass is 16.5. The quantitative estimate of drug-likeness (QED) is 0.716. The molecule has 23 heavy (non-hydrogen) atoms. The van der Waals surface area contributed by atoms with Crippen molar-refractivity contribution < 1.29 is 14.3 Å². The van der Waals surface area contributed by atoms with Crippen molar-refractivity contribution in [2.45, 2.75) is 38.3 Å². The van der Waals surface area contributed by atoms with Crippen molar-refractivity contribution in [1.82, 2.24) is 15.5 Å². The van der Waals surface area contributed by atoms with Gasteiger partial charge in [-0.15, -0.1) is 0 Å². The highest BCUT2D eigenvalue weighted by Crippen LogP contribution is 2.18. The Morgan fingerprint density at radius 2 is 2.00 bits per heavy atom. The minimum atomic E-state index is -0.398. The van der Waals surface area contributed by atoms with Crippen molar-refractivity contribution in [3.63, 3.8) is 0 Å². The second kappa shape index (κ2) is 8.53. The third-order valence-corrected chi connectivity index (χ3v) is 3.86. The maximum Gasteiger partial charge on any atom is 0.321 e. The van der Waals surface area contributed by atoms with Crippen molar-refractivity contribution in [2.24, 2.45) is 0 Å². The summed E-state index contributed by atoms with van der Waals surface area (Å²) >= 11 is 0. The van der Waals surface area contributed by atoms with E-state index in [-0.39, 0.29) is 18.0 Å². The zero-order valence-corrected chi connectivity index (χ0v) is 13.7. The molecule has 0 aliphatic heterocycles. The minimum absolute atomic E-state index is 0.242. The van der Waals surface area contributed by atoms with Gasteiger partial charge in [0.15, 0.2) is 0 Å². The van der Waals surface area contributed by atoms with Crippen LogP contribution in [0.5, 0.6) is 5.75 Å². The fourth-order valence-corrected chi connectivity index (χ4v) is 2.08. The van der Waals surface area contributed by atoms with Crippen LogP contribution in [0, 0.1) is 0 Å². The molecule has 0 saturated heterocycles. The zero-order chi connectivity index (χ0) is 16.7. The van der Waals surface area contributed by atoms with Crippen LogP contribution in [0.15, 0.2) is 30.3 Å². The van der Waals surface area contributed by atoms with E-state index in [1.54, 1.807) is 6.92 Å². The molecule has 2 rings (SSSR count). The topological polar surface area (TPSA) is 70.7 Å². The van der Waals surface area contributed by atoms with Crippen LogP contribution in [0.4, 0.5) is 4.79 Å². The summed E-state index contributed by atoms with van der Waals surface area (Å²) in [5.74, 6) is 0.562. The third kappa shape index (κ3) is 6.28. The van der Waals surface area contributed by atoms with Gasteiger partial charge in [-0.1, -0.05) is 18.2 Å². The molecule has 1 fully saturated rings. The molecule has 0 bridgehead atoms. The highest BCUT2D eigenvalue weighted by Gasteiger charge is 2.25. The van der Waals surface area contributed by atoms with Crippen LogP contribution < -0.4 is 15.4 Å². The number of rotatable bonds is 8. The van der Waals surface area contributed by atoms with Crippen LogP contribution in [-0.2, 0) is 4.79 Å². The molecular formula is C17H25N3O3. The molecule has 0 radical (unpaired) electrons. The van der Waals surface area contributed by atoms with Gasteiger partial charge in [-0.25, -0.2) is 4.79 Å². The molecule has 1 aromatic carbocycles. The summed E-state index contributed by atoms with van der Waals surface area (Å²) in [6.45, 7) is 3.09. The number of benzene rings is 1. The smallest absolute Gasteiger partial charge is 0.321 e. The molecule has 1 aromatic rings. The monoisotopic (exact) mass is 319 g/mol. The van der Waals surface area contributed by atoms with E-state index in [2.05, 4.69) is 10.6 Å². The first-order chi connectivity index (χ1) is 11.1. The fourth-order valence-electron chi connectivity index (χ4n) is 2.08. The number of ether oxygens (including phenoxy) is 1. The van der Waals surface area contributed by atoms with Crippen LogP contribution in [0.3, 0.4) is 0 Å². The van der Waals surface area contributed by atoms with E-state index in [4.69, 9.17) is 4.74 Å². The lowest BCUT2D eigenvalue weighted by Crippen LogP contribution is -2.49. The van der Waals surface area contributed by atoms with Crippen molar-refractivity contribution in [3.05, 3.63) is 30.3 Å². The number of para-hydroxylation sites is 1.